The van der Waals surface area contributed by atoms with Gasteiger partial charge in [-0.05, 0) is 19.1 Å². The van der Waals surface area contributed by atoms with E-state index in [1.165, 1.54) is 19.1 Å². The molecule has 0 atom stereocenters. The summed E-state index contributed by atoms with van der Waals surface area (Å²) >= 11 is 0. The van der Waals surface area contributed by atoms with Crippen LogP contribution >= 0.6 is 0 Å². The van der Waals surface area contributed by atoms with E-state index in [0.29, 0.717) is 45.4 Å². The average molecular weight is 298 g/mol. The first kappa shape index (κ1) is 17.4. The van der Waals surface area contributed by atoms with E-state index in [9.17, 15) is 9.90 Å². The number of hydrogen-bond acceptors (Lipinski definition) is 6. The number of hydrogen-bond donors (Lipinski definition) is 1. The Hall–Kier alpha value is -1.63. The van der Waals surface area contributed by atoms with Gasteiger partial charge in [0.25, 0.3) is 0 Å². The highest BCUT2D eigenvalue weighted by Crippen LogP contribution is 2.23. The summed E-state index contributed by atoms with van der Waals surface area (Å²) < 4.78 is 20.8. The first-order valence-corrected chi connectivity index (χ1v) is 6.76. The molecule has 1 aromatic rings. The number of methoxy groups -OCH3 is 1. The number of carbonyl (C=O) groups is 1. The van der Waals surface area contributed by atoms with E-state index < -0.39 is 0 Å². The normalized spacial score (nSPS) is 10.6. The van der Waals surface area contributed by atoms with Crippen LogP contribution in [0.25, 0.3) is 0 Å². The van der Waals surface area contributed by atoms with Crippen molar-refractivity contribution in [1.29, 1.82) is 0 Å². The van der Waals surface area contributed by atoms with Crippen LogP contribution in [0.3, 0.4) is 0 Å². The Bertz CT molecular complexity index is 432. The number of rotatable bonds is 11. The zero-order chi connectivity index (χ0) is 15.5. The molecule has 0 bridgehead atoms. The summed E-state index contributed by atoms with van der Waals surface area (Å²) in [6.07, 6.45) is 0. The number of phenols is 1. The number of Topliss-reactive ketones (excluding diaryl/α,β-unsaturated/α-hetero) is 1. The molecule has 0 radical (unpaired) electrons. The molecule has 0 aliphatic carbocycles. The van der Waals surface area contributed by atoms with E-state index in [4.69, 9.17) is 18.9 Å². The van der Waals surface area contributed by atoms with Crippen LogP contribution in [-0.4, -0.2) is 57.6 Å². The van der Waals surface area contributed by atoms with Gasteiger partial charge in [-0.3, -0.25) is 4.79 Å². The highest BCUT2D eigenvalue weighted by atomic mass is 16.6. The summed E-state index contributed by atoms with van der Waals surface area (Å²) in [5, 5.41) is 9.65. The maximum atomic E-state index is 11.2. The summed E-state index contributed by atoms with van der Waals surface area (Å²) in [4.78, 5) is 11.2. The van der Waals surface area contributed by atoms with Crippen molar-refractivity contribution in [2.24, 2.45) is 0 Å². The highest BCUT2D eigenvalue weighted by molar-refractivity contribution is 5.96. The monoisotopic (exact) mass is 298 g/mol. The summed E-state index contributed by atoms with van der Waals surface area (Å²) in [6, 6.07) is 4.60. The topological polar surface area (TPSA) is 74.2 Å². The minimum Gasteiger partial charge on any atom is -0.507 e. The minimum atomic E-state index is -0.184. The molecule has 1 aromatic carbocycles. The number of ketones is 1. The Kier molecular flexibility index (Phi) is 8.42. The Morgan fingerprint density at radius 1 is 1.05 bits per heavy atom. The van der Waals surface area contributed by atoms with E-state index in [1.807, 2.05) is 0 Å². The van der Waals surface area contributed by atoms with Crippen LogP contribution in [0.2, 0.25) is 0 Å². The molecule has 6 heteroatoms. The summed E-state index contributed by atoms with van der Waals surface area (Å²) in [5.41, 5.74) is 0.284. The van der Waals surface area contributed by atoms with Crippen LogP contribution in [0.5, 0.6) is 11.5 Å². The predicted molar refractivity (Wildman–Crippen MR) is 77.1 cm³/mol. The Labute approximate surface area is 124 Å². The summed E-state index contributed by atoms with van der Waals surface area (Å²) in [6.45, 7) is 4.30. The molecule has 0 heterocycles. The van der Waals surface area contributed by atoms with Crippen LogP contribution < -0.4 is 4.74 Å². The number of ether oxygens (including phenoxy) is 4. The summed E-state index contributed by atoms with van der Waals surface area (Å²) in [7, 11) is 1.62. The van der Waals surface area contributed by atoms with Gasteiger partial charge in [-0.1, -0.05) is 0 Å². The zero-order valence-electron chi connectivity index (χ0n) is 12.5. The second kappa shape index (κ2) is 10.1. The molecule has 1 rings (SSSR count). The van der Waals surface area contributed by atoms with Gasteiger partial charge in [-0.15, -0.1) is 0 Å². The molecule has 0 saturated heterocycles. The van der Waals surface area contributed by atoms with E-state index in [2.05, 4.69) is 0 Å². The molecule has 0 aliphatic heterocycles. The largest absolute Gasteiger partial charge is 0.507 e. The van der Waals surface area contributed by atoms with Crippen LogP contribution in [-0.2, 0) is 14.2 Å². The molecule has 1 N–H and O–H groups in total. The van der Waals surface area contributed by atoms with Gasteiger partial charge in [0.05, 0.1) is 38.6 Å². The maximum Gasteiger partial charge on any atom is 0.163 e. The number of aromatic hydroxyl groups is 1. The van der Waals surface area contributed by atoms with Gasteiger partial charge in [0.15, 0.2) is 5.78 Å². The quantitative estimate of drug-likeness (QED) is 0.494. The number of benzene rings is 1. The van der Waals surface area contributed by atoms with Crippen LogP contribution in [0.1, 0.15) is 17.3 Å². The molecule has 0 saturated carbocycles. The molecule has 21 heavy (non-hydrogen) atoms. The predicted octanol–water partition coefficient (Wildman–Crippen LogP) is 1.65. The molecular weight excluding hydrogens is 276 g/mol. The highest BCUT2D eigenvalue weighted by Gasteiger charge is 2.07. The molecule has 0 aromatic heterocycles. The zero-order valence-corrected chi connectivity index (χ0v) is 12.5. The van der Waals surface area contributed by atoms with Crippen molar-refractivity contribution >= 4 is 5.78 Å². The summed E-state index contributed by atoms with van der Waals surface area (Å²) in [5.74, 6) is 0.237. The first-order chi connectivity index (χ1) is 10.1. The molecule has 6 nitrogen and oxygen atoms in total. The standard InChI is InChI=1S/C15H22O6/c1-12(16)14-4-3-13(11-15(14)17)21-10-9-20-8-7-19-6-5-18-2/h3-4,11,17H,5-10H2,1-2H3. The van der Waals surface area contributed by atoms with Crippen LogP contribution in [0.15, 0.2) is 18.2 Å². The first-order valence-electron chi connectivity index (χ1n) is 6.76. The molecule has 0 unspecified atom stereocenters. The number of carbonyl (C=O) groups excluding carboxylic acids is 1. The Balaban J connectivity index is 2.13. The molecular formula is C15H22O6. The van der Waals surface area contributed by atoms with Crippen molar-refractivity contribution in [3.63, 3.8) is 0 Å². The SMILES string of the molecule is COCCOCCOCCOc1ccc(C(C)=O)c(O)c1. The van der Waals surface area contributed by atoms with Crippen molar-refractivity contribution in [3.05, 3.63) is 23.8 Å². The fourth-order valence-corrected chi connectivity index (χ4v) is 1.58. The van der Waals surface area contributed by atoms with Crippen molar-refractivity contribution in [3.8, 4) is 11.5 Å². The maximum absolute atomic E-state index is 11.2. The third kappa shape index (κ3) is 7.08. The lowest BCUT2D eigenvalue weighted by Gasteiger charge is -2.09. The molecule has 118 valence electrons. The van der Waals surface area contributed by atoms with E-state index >= 15 is 0 Å². The van der Waals surface area contributed by atoms with Gasteiger partial charge in [0, 0.05) is 13.2 Å². The van der Waals surface area contributed by atoms with E-state index in [-0.39, 0.29) is 17.1 Å². The lowest BCUT2D eigenvalue weighted by Crippen LogP contribution is -2.12. The van der Waals surface area contributed by atoms with Gasteiger partial charge < -0.3 is 24.1 Å². The van der Waals surface area contributed by atoms with E-state index in [1.54, 1.807) is 13.2 Å². The molecule has 0 aliphatic rings. The Morgan fingerprint density at radius 2 is 1.67 bits per heavy atom. The Morgan fingerprint density at radius 3 is 2.24 bits per heavy atom. The lowest BCUT2D eigenvalue weighted by molar-refractivity contribution is 0.0179. The van der Waals surface area contributed by atoms with Crippen molar-refractivity contribution < 1.29 is 28.8 Å². The molecule has 0 fully saturated rings. The van der Waals surface area contributed by atoms with Crippen molar-refractivity contribution in [2.45, 2.75) is 6.92 Å². The van der Waals surface area contributed by atoms with E-state index in [0.717, 1.165) is 0 Å². The minimum absolute atomic E-state index is 0.0764. The van der Waals surface area contributed by atoms with Gasteiger partial charge in [-0.25, -0.2) is 0 Å². The van der Waals surface area contributed by atoms with Gasteiger partial charge in [0.1, 0.15) is 18.1 Å². The van der Waals surface area contributed by atoms with Crippen molar-refractivity contribution in [2.75, 3.05) is 46.8 Å². The third-order valence-electron chi connectivity index (χ3n) is 2.65. The number of phenolic OH excluding ortho intramolecular Hbond substituents is 1. The smallest absolute Gasteiger partial charge is 0.163 e. The third-order valence-corrected chi connectivity index (χ3v) is 2.65. The van der Waals surface area contributed by atoms with Gasteiger partial charge in [0.2, 0.25) is 0 Å². The van der Waals surface area contributed by atoms with Crippen LogP contribution in [0.4, 0.5) is 0 Å². The molecule has 0 spiro atoms. The van der Waals surface area contributed by atoms with Crippen LogP contribution in [0, 0.1) is 0 Å². The second-order valence-electron chi connectivity index (χ2n) is 4.30. The second-order valence-corrected chi connectivity index (χ2v) is 4.30. The fraction of sp³-hybridized carbons (Fsp3) is 0.533. The average Bonchev–Trinajstić information content (AvgIpc) is 2.45. The van der Waals surface area contributed by atoms with Gasteiger partial charge in [-0.2, -0.15) is 0 Å². The fourth-order valence-electron chi connectivity index (χ4n) is 1.58. The van der Waals surface area contributed by atoms with Crippen molar-refractivity contribution in [1.82, 2.24) is 0 Å². The van der Waals surface area contributed by atoms with Gasteiger partial charge >= 0.3 is 0 Å². The lowest BCUT2D eigenvalue weighted by atomic mass is 10.1. The molecule has 0 amide bonds.